The molecule has 0 saturated carbocycles. The molecule has 5 heteroatoms. The second-order valence-electron chi connectivity index (χ2n) is 5.51. The summed E-state index contributed by atoms with van der Waals surface area (Å²) in [6, 6.07) is 8.15. The van der Waals surface area contributed by atoms with E-state index < -0.39 is 0 Å². The van der Waals surface area contributed by atoms with Crippen molar-refractivity contribution in [2.45, 2.75) is 12.8 Å². The minimum absolute atomic E-state index is 0.211. The Morgan fingerprint density at radius 2 is 1.50 bits per heavy atom. The molecular formula is C15H22N4O. The van der Waals surface area contributed by atoms with E-state index in [4.69, 9.17) is 5.73 Å². The van der Waals surface area contributed by atoms with Crippen molar-refractivity contribution in [2.75, 3.05) is 49.9 Å². The molecule has 2 fully saturated rings. The predicted octanol–water partition coefficient (Wildman–Crippen LogP) is 1.61. The minimum Gasteiger partial charge on any atom is -0.397 e. The van der Waals surface area contributed by atoms with E-state index in [9.17, 15) is 4.79 Å². The van der Waals surface area contributed by atoms with E-state index in [0.29, 0.717) is 0 Å². The fourth-order valence-corrected chi connectivity index (χ4v) is 3.02. The Morgan fingerprint density at radius 1 is 0.900 bits per heavy atom. The first-order valence-electron chi connectivity index (χ1n) is 7.39. The molecule has 2 aliphatic rings. The maximum atomic E-state index is 12.3. The summed E-state index contributed by atoms with van der Waals surface area (Å²) < 4.78 is 0. The lowest BCUT2D eigenvalue weighted by Crippen LogP contribution is -2.52. The minimum atomic E-state index is 0.211. The van der Waals surface area contributed by atoms with Crippen LogP contribution in [0.25, 0.3) is 0 Å². The molecule has 0 aromatic heterocycles. The molecule has 0 radical (unpaired) electrons. The van der Waals surface area contributed by atoms with Gasteiger partial charge >= 0.3 is 6.03 Å². The molecule has 0 spiro atoms. The van der Waals surface area contributed by atoms with Crippen LogP contribution in [0.15, 0.2) is 24.3 Å². The van der Waals surface area contributed by atoms with Crippen molar-refractivity contribution in [3.05, 3.63) is 24.3 Å². The quantitative estimate of drug-likeness (QED) is 0.792. The van der Waals surface area contributed by atoms with Crippen molar-refractivity contribution in [1.29, 1.82) is 0 Å². The molecule has 2 N–H and O–H groups in total. The second-order valence-corrected chi connectivity index (χ2v) is 5.51. The van der Waals surface area contributed by atoms with Crippen LogP contribution in [-0.2, 0) is 0 Å². The number of hydrogen-bond donors (Lipinski definition) is 1. The number of amides is 2. The van der Waals surface area contributed by atoms with Crippen LogP contribution in [0.4, 0.5) is 16.2 Å². The summed E-state index contributed by atoms with van der Waals surface area (Å²) in [5.74, 6) is 0. The zero-order valence-electron chi connectivity index (χ0n) is 11.8. The predicted molar refractivity (Wildman–Crippen MR) is 80.8 cm³/mol. The normalized spacial score (nSPS) is 19.5. The number of likely N-dealkylation sites (tertiary alicyclic amines) is 1. The summed E-state index contributed by atoms with van der Waals surface area (Å²) in [5.41, 5.74) is 7.91. The van der Waals surface area contributed by atoms with Gasteiger partial charge in [0, 0.05) is 39.3 Å². The van der Waals surface area contributed by atoms with E-state index in [-0.39, 0.29) is 6.03 Å². The van der Waals surface area contributed by atoms with Crippen molar-refractivity contribution < 1.29 is 4.79 Å². The molecular weight excluding hydrogens is 252 g/mol. The van der Waals surface area contributed by atoms with Crippen molar-refractivity contribution in [2.24, 2.45) is 0 Å². The fraction of sp³-hybridized carbons (Fsp3) is 0.533. The average molecular weight is 274 g/mol. The third-order valence-electron chi connectivity index (χ3n) is 4.20. The number of anilines is 2. The molecule has 2 saturated heterocycles. The van der Waals surface area contributed by atoms with Gasteiger partial charge in [-0.3, -0.25) is 0 Å². The van der Waals surface area contributed by atoms with Crippen molar-refractivity contribution in [3.8, 4) is 0 Å². The lowest BCUT2D eigenvalue weighted by Gasteiger charge is -2.38. The zero-order valence-corrected chi connectivity index (χ0v) is 11.8. The van der Waals surface area contributed by atoms with Crippen LogP contribution >= 0.6 is 0 Å². The molecule has 108 valence electrons. The van der Waals surface area contributed by atoms with Gasteiger partial charge in [0.1, 0.15) is 0 Å². The van der Waals surface area contributed by atoms with E-state index >= 15 is 0 Å². The summed E-state index contributed by atoms with van der Waals surface area (Å²) in [5, 5.41) is 0. The number of benzene rings is 1. The number of carbonyl (C=O) groups is 1. The maximum Gasteiger partial charge on any atom is 0.320 e. The van der Waals surface area contributed by atoms with Crippen LogP contribution in [0, 0.1) is 0 Å². The molecule has 0 atom stereocenters. The van der Waals surface area contributed by atoms with Gasteiger partial charge in [-0.2, -0.15) is 0 Å². The Kier molecular flexibility index (Phi) is 3.67. The summed E-state index contributed by atoms with van der Waals surface area (Å²) >= 11 is 0. The Bertz CT molecular complexity index is 477. The van der Waals surface area contributed by atoms with Crippen molar-refractivity contribution >= 4 is 17.4 Å². The van der Waals surface area contributed by atoms with Crippen LogP contribution in [0.2, 0.25) is 0 Å². The molecule has 0 aliphatic carbocycles. The first-order chi connectivity index (χ1) is 9.75. The van der Waals surface area contributed by atoms with E-state index in [2.05, 4.69) is 4.90 Å². The van der Waals surface area contributed by atoms with Crippen LogP contribution < -0.4 is 10.6 Å². The van der Waals surface area contributed by atoms with E-state index in [1.54, 1.807) is 0 Å². The zero-order chi connectivity index (χ0) is 13.9. The van der Waals surface area contributed by atoms with Gasteiger partial charge in [0.2, 0.25) is 0 Å². The van der Waals surface area contributed by atoms with Gasteiger partial charge in [0.05, 0.1) is 11.4 Å². The summed E-state index contributed by atoms with van der Waals surface area (Å²) in [6.07, 6.45) is 2.29. The third kappa shape index (κ3) is 2.53. The average Bonchev–Trinajstić information content (AvgIpc) is 3.01. The topological polar surface area (TPSA) is 52.8 Å². The second kappa shape index (κ2) is 5.61. The molecule has 20 heavy (non-hydrogen) atoms. The lowest BCUT2D eigenvalue weighted by atomic mass is 10.2. The highest BCUT2D eigenvalue weighted by Crippen LogP contribution is 2.24. The molecule has 2 amide bonds. The van der Waals surface area contributed by atoms with Gasteiger partial charge < -0.3 is 20.4 Å². The number of nitrogens with zero attached hydrogens (tertiary/aromatic N) is 3. The van der Waals surface area contributed by atoms with Gasteiger partial charge in [0.15, 0.2) is 0 Å². The standard InChI is InChI=1S/C15H22N4O/c16-13-5-1-2-6-14(13)17-9-11-19(12-10-17)15(20)18-7-3-4-8-18/h1-2,5-6H,3-4,7-12,16H2. The number of nitrogen functional groups attached to an aromatic ring is 1. The number of carbonyl (C=O) groups excluding carboxylic acids is 1. The number of para-hydroxylation sites is 2. The highest BCUT2D eigenvalue weighted by molar-refractivity contribution is 5.75. The van der Waals surface area contributed by atoms with Gasteiger partial charge in [0.25, 0.3) is 0 Å². The van der Waals surface area contributed by atoms with Crippen LogP contribution in [0.1, 0.15) is 12.8 Å². The van der Waals surface area contributed by atoms with E-state index in [1.165, 1.54) is 0 Å². The monoisotopic (exact) mass is 274 g/mol. The van der Waals surface area contributed by atoms with Crippen molar-refractivity contribution in [3.63, 3.8) is 0 Å². The molecule has 1 aromatic carbocycles. The number of hydrogen-bond acceptors (Lipinski definition) is 3. The summed E-state index contributed by atoms with van der Waals surface area (Å²) in [7, 11) is 0. The van der Waals surface area contributed by atoms with E-state index in [1.807, 2.05) is 34.1 Å². The Labute approximate surface area is 119 Å². The van der Waals surface area contributed by atoms with Crippen LogP contribution in [0.5, 0.6) is 0 Å². The van der Waals surface area contributed by atoms with Gasteiger partial charge in [-0.25, -0.2) is 4.79 Å². The van der Waals surface area contributed by atoms with Crippen molar-refractivity contribution in [1.82, 2.24) is 9.80 Å². The highest BCUT2D eigenvalue weighted by Gasteiger charge is 2.27. The van der Waals surface area contributed by atoms with Crippen LogP contribution in [-0.4, -0.2) is 55.1 Å². The Balaban J connectivity index is 1.59. The number of piperazine rings is 1. The Hall–Kier alpha value is -1.91. The number of nitrogens with two attached hydrogens (primary N) is 1. The fourth-order valence-electron chi connectivity index (χ4n) is 3.02. The largest absolute Gasteiger partial charge is 0.397 e. The van der Waals surface area contributed by atoms with E-state index in [0.717, 1.165) is 63.5 Å². The number of rotatable bonds is 1. The lowest BCUT2D eigenvalue weighted by molar-refractivity contribution is 0.159. The highest BCUT2D eigenvalue weighted by atomic mass is 16.2. The molecule has 2 heterocycles. The third-order valence-corrected chi connectivity index (χ3v) is 4.20. The molecule has 0 bridgehead atoms. The summed E-state index contributed by atoms with van der Waals surface area (Å²) in [4.78, 5) is 18.5. The first-order valence-corrected chi connectivity index (χ1v) is 7.39. The molecule has 3 rings (SSSR count). The number of urea groups is 1. The molecule has 5 nitrogen and oxygen atoms in total. The molecule has 1 aromatic rings. The van der Waals surface area contributed by atoms with Gasteiger partial charge in [-0.15, -0.1) is 0 Å². The SMILES string of the molecule is Nc1ccccc1N1CCN(C(=O)N2CCCC2)CC1. The Morgan fingerprint density at radius 3 is 2.15 bits per heavy atom. The molecule has 0 unspecified atom stereocenters. The van der Waals surface area contributed by atoms with Gasteiger partial charge in [-0.1, -0.05) is 12.1 Å². The summed E-state index contributed by atoms with van der Waals surface area (Å²) in [6.45, 7) is 5.12. The van der Waals surface area contributed by atoms with Gasteiger partial charge in [-0.05, 0) is 25.0 Å². The first kappa shape index (κ1) is 13.1. The smallest absolute Gasteiger partial charge is 0.320 e. The maximum absolute atomic E-state index is 12.3. The molecule has 2 aliphatic heterocycles. The van der Waals surface area contributed by atoms with Crippen LogP contribution in [0.3, 0.4) is 0 Å².